The molecule has 0 saturated heterocycles. The molecule has 0 fully saturated rings. The number of rotatable bonds is 2. The molecule has 0 amide bonds. The smallest absolute Gasteiger partial charge is 0.878 e. The van der Waals surface area contributed by atoms with E-state index in [0.717, 1.165) is 11.5 Å². The van der Waals surface area contributed by atoms with Gasteiger partial charge < -0.3 is 9.52 Å². The minimum atomic E-state index is -0.406. The molecule has 2 aromatic rings. The number of carbonyl (C=O) groups is 1. The van der Waals surface area contributed by atoms with Gasteiger partial charge in [0, 0.05) is 5.39 Å². The number of ketones is 1. The van der Waals surface area contributed by atoms with Crippen LogP contribution in [0.2, 0.25) is 0 Å². The largest absolute Gasteiger partial charge is 1.00 e. The zero-order valence-corrected chi connectivity index (χ0v) is 10.3. The summed E-state index contributed by atoms with van der Waals surface area (Å²) in [6.07, 6.45) is 1.40. The van der Waals surface area contributed by atoms with E-state index < -0.39 is 5.78 Å². The van der Waals surface area contributed by atoms with Crippen molar-refractivity contribution < 1.29 is 43.9 Å². The number of carbonyl (C=O) groups excluding carboxylic acids is 1. The van der Waals surface area contributed by atoms with E-state index in [-0.39, 0.29) is 35.3 Å². The summed E-state index contributed by atoms with van der Waals surface area (Å²) in [5.74, 6) is -0.213. The molecular weight excluding hydrogens is 203 g/mol. The molecule has 4 heteroatoms. The number of hydrogen-bond acceptors (Lipinski definition) is 3. The fourth-order valence-corrected chi connectivity index (χ4v) is 1.25. The van der Waals surface area contributed by atoms with Crippen molar-refractivity contribution in [1.29, 1.82) is 0 Å². The van der Waals surface area contributed by atoms with Crippen molar-refractivity contribution in [3.63, 3.8) is 0 Å². The maximum absolute atomic E-state index is 11.2. The summed E-state index contributed by atoms with van der Waals surface area (Å²) in [6, 6.07) is 8.92. The van der Waals surface area contributed by atoms with Gasteiger partial charge in [-0.1, -0.05) is 18.2 Å². The molecule has 0 aliphatic rings. The second-order valence-electron chi connectivity index (χ2n) is 2.82. The van der Waals surface area contributed by atoms with Crippen LogP contribution in [0.5, 0.6) is 0 Å². The van der Waals surface area contributed by atoms with Crippen molar-refractivity contribution in [2.75, 3.05) is 0 Å². The van der Waals surface area contributed by atoms with Gasteiger partial charge >= 0.3 is 29.6 Å². The molecule has 0 radical (unpaired) electrons. The molecule has 0 spiro atoms. The first-order chi connectivity index (χ1) is 6.81. The van der Waals surface area contributed by atoms with Gasteiger partial charge in [0.25, 0.3) is 0 Å². The van der Waals surface area contributed by atoms with Gasteiger partial charge in [-0.25, -0.2) is 0 Å². The van der Waals surface area contributed by atoms with Crippen molar-refractivity contribution in [3.8, 4) is 0 Å². The van der Waals surface area contributed by atoms with Gasteiger partial charge in [-0.05, 0) is 18.2 Å². The van der Waals surface area contributed by atoms with E-state index >= 15 is 0 Å². The second-order valence-corrected chi connectivity index (χ2v) is 2.82. The Hall–Kier alpha value is -1.03. The predicted molar refractivity (Wildman–Crippen MR) is 49.7 cm³/mol. The number of fused-ring (bicyclic) bond motifs is 1. The average molecular weight is 210 g/mol. The van der Waals surface area contributed by atoms with E-state index in [1.54, 1.807) is 12.1 Å². The van der Waals surface area contributed by atoms with Gasteiger partial charge in [-0.2, -0.15) is 0 Å². The number of allylic oxidation sites excluding steroid dienone is 1. The van der Waals surface area contributed by atoms with E-state index in [4.69, 9.17) is 4.42 Å². The molecule has 2 rings (SSSR count). The number of hydrogen-bond donors (Lipinski definition) is 0. The third kappa shape index (κ3) is 2.50. The summed E-state index contributed by atoms with van der Waals surface area (Å²) in [5.41, 5.74) is 0.648. The molecule has 0 bridgehead atoms. The first kappa shape index (κ1) is 12.0. The number of para-hydroxylation sites is 1. The molecule has 0 aliphatic carbocycles. The molecule has 70 valence electrons. The fraction of sp³-hybridized carbons (Fsp3) is 0. The van der Waals surface area contributed by atoms with Crippen LogP contribution in [-0.2, 0) is 0 Å². The Bertz CT molecular complexity index is 466. The van der Waals surface area contributed by atoms with E-state index in [1.165, 1.54) is 0 Å². The Morgan fingerprint density at radius 2 is 2.07 bits per heavy atom. The van der Waals surface area contributed by atoms with Crippen molar-refractivity contribution in [3.05, 3.63) is 48.4 Å². The Labute approximate surface area is 109 Å². The quantitative estimate of drug-likeness (QED) is 0.262. The molecule has 0 unspecified atom stereocenters. The molecule has 0 N–H and O–H groups in total. The SMILES string of the molecule is O=C(C=C[O-])c1cc2ccccc2o1.[Na+]. The Morgan fingerprint density at radius 3 is 2.73 bits per heavy atom. The van der Waals surface area contributed by atoms with E-state index in [9.17, 15) is 9.90 Å². The Balaban J connectivity index is 0.00000112. The van der Waals surface area contributed by atoms with Crippen molar-refractivity contribution in [2.45, 2.75) is 0 Å². The van der Waals surface area contributed by atoms with Crippen LogP contribution in [0.1, 0.15) is 10.6 Å². The fourth-order valence-electron chi connectivity index (χ4n) is 1.25. The van der Waals surface area contributed by atoms with Gasteiger partial charge in [-0.3, -0.25) is 4.79 Å². The van der Waals surface area contributed by atoms with Gasteiger partial charge in [0.1, 0.15) is 5.58 Å². The standard InChI is InChI=1S/C11H8O3.Na/c12-6-5-9(13)11-7-8-3-1-2-4-10(8)14-11;/h1-7,12H;/q;+1/p-1. The Kier molecular flexibility index (Phi) is 4.15. The summed E-state index contributed by atoms with van der Waals surface area (Å²) < 4.78 is 5.24. The monoisotopic (exact) mass is 210 g/mol. The van der Waals surface area contributed by atoms with Crippen LogP contribution in [0.4, 0.5) is 0 Å². The van der Waals surface area contributed by atoms with E-state index in [2.05, 4.69) is 0 Å². The molecule has 15 heavy (non-hydrogen) atoms. The normalized spacial score (nSPS) is 10.4. The van der Waals surface area contributed by atoms with Crippen LogP contribution in [0.3, 0.4) is 0 Å². The van der Waals surface area contributed by atoms with Gasteiger partial charge in [0.15, 0.2) is 5.76 Å². The number of benzene rings is 1. The van der Waals surface area contributed by atoms with Crippen molar-refractivity contribution in [1.82, 2.24) is 0 Å². The predicted octanol–water partition coefficient (Wildman–Crippen LogP) is -1.51. The minimum absolute atomic E-state index is 0. The average Bonchev–Trinajstić information content (AvgIpc) is 2.61. The molecule has 0 aliphatic heterocycles. The zero-order chi connectivity index (χ0) is 9.97. The maximum Gasteiger partial charge on any atom is 1.00 e. The first-order valence-corrected chi connectivity index (χ1v) is 4.12. The molecule has 1 aromatic heterocycles. The molecule has 0 saturated carbocycles. The van der Waals surface area contributed by atoms with Crippen molar-refractivity contribution >= 4 is 16.8 Å². The second kappa shape index (κ2) is 5.16. The molecule has 1 aromatic carbocycles. The molecule has 0 atom stereocenters. The summed E-state index contributed by atoms with van der Waals surface area (Å²) in [5, 5.41) is 10.9. The summed E-state index contributed by atoms with van der Waals surface area (Å²) >= 11 is 0. The van der Waals surface area contributed by atoms with Gasteiger partial charge in [0.05, 0.1) is 0 Å². The number of furan rings is 1. The van der Waals surface area contributed by atoms with Crippen LogP contribution < -0.4 is 34.7 Å². The van der Waals surface area contributed by atoms with Crippen LogP contribution in [0, 0.1) is 0 Å². The maximum atomic E-state index is 11.2. The van der Waals surface area contributed by atoms with Crippen LogP contribution in [-0.4, -0.2) is 5.78 Å². The van der Waals surface area contributed by atoms with Gasteiger partial charge in [-0.15, -0.1) is 6.26 Å². The summed E-state index contributed by atoms with van der Waals surface area (Å²) in [4.78, 5) is 11.2. The topological polar surface area (TPSA) is 53.3 Å². The van der Waals surface area contributed by atoms with Crippen LogP contribution in [0.15, 0.2) is 47.1 Å². The Morgan fingerprint density at radius 1 is 1.33 bits per heavy atom. The summed E-state index contributed by atoms with van der Waals surface area (Å²) in [7, 11) is 0. The van der Waals surface area contributed by atoms with E-state index in [0.29, 0.717) is 11.8 Å². The minimum Gasteiger partial charge on any atom is -0.878 e. The molecule has 3 nitrogen and oxygen atoms in total. The summed E-state index contributed by atoms with van der Waals surface area (Å²) in [6.45, 7) is 0. The molecular formula is C11H7NaO3. The van der Waals surface area contributed by atoms with E-state index in [1.807, 2.05) is 18.2 Å². The van der Waals surface area contributed by atoms with Crippen molar-refractivity contribution in [2.24, 2.45) is 0 Å². The first-order valence-electron chi connectivity index (χ1n) is 4.12. The van der Waals surface area contributed by atoms with Crippen LogP contribution in [0.25, 0.3) is 11.0 Å². The third-order valence-electron chi connectivity index (χ3n) is 1.89. The van der Waals surface area contributed by atoms with Gasteiger partial charge in [0.2, 0.25) is 5.78 Å². The third-order valence-corrected chi connectivity index (χ3v) is 1.89. The van der Waals surface area contributed by atoms with Crippen LogP contribution >= 0.6 is 0 Å². The molecule has 1 heterocycles. The zero-order valence-electron chi connectivity index (χ0n) is 8.27.